The van der Waals surface area contributed by atoms with Crippen LogP contribution in [-0.2, 0) is 25.7 Å². The van der Waals surface area contributed by atoms with Crippen molar-refractivity contribution in [1.29, 1.82) is 0 Å². The fourth-order valence-corrected chi connectivity index (χ4v) is 4.99. The van der Waals surface area contributed by atoms with E-state index in [1.807, 2.05) is 78.9 Å². The predicted octanol–water partition coefficient (Wildman–Crippen LogP) is 3.23. The summed E-state index contributed by atoms with van der Waals surface area (Å²) in [4.78, 5) is 39.3. The molecule has 1 aliphatic heterocycles. The molecule has 1 aliphatic carbocycles. The fraction of sp³-hybridized carbons (Fsp3) is 0.276. The van der Waals surface area contributed by atoms with Gasteiger partial charge in [-0.1, -0.05) is 78.9 Å². The predicted molar refractivity (Wildman–Crippen MR) is 135 cm³/mol. The quantitative estimate of drug-likeness (QED) is 0.483. The molecule has 0 bridgehead atoms. The molecule has 1 saturated heterocycles. The molecule has 3 atom stereocenters. The maximum absolute atomic E-state index is 12.9. The standard InChI is InChI=1S/C29H28N2O6/c1-18(28(34)36-16-19-9-3-2-4-10-19)31-15-25(32)26(27(31)33)30-29(35)37-17-24-22-13-7-5-11-20(22)21-12-6-8-14-23(21)24/h2-14,18,24-26,32H,15-17H2,1H3,(H,30,35)/t18-,25+,26-/m0/s1. The van der Waals surface area contributed by atoms with Crippen molar-refractivity contribution in [2.45, 2.75) is 37.6 Å². The van der Waals surface area contributed by atoms with Gasteiger partial charge in [0.25, 0.3) is 0 Å². The third-order valence-electron chi connectivity index (χ3n) is 6.97. The maximum Gasteiger partial charge on any atom is 0.407 e. The monoisotopic (exact) mass is 500 g/mol. The molecule has 190 valence electrons. The Morgan fingerprint density at radius 2 is 1.54 bits per heavy atom. The summed E-state index contributed by atoms with van der Waals surface area (Å²) in [6, 6.07) is 23.0. The van der Waals surface area contributed by atoms with E-state index in [2.05, 4.69) is 5.32 Å². The van der Waals surface area contributed by atoms with Gasteiger partial charge in [0.2, 0.25) is 5.91 Å². The van der Waals surface area contributed by atoms with Gasteiger partial charge < -0.3 is 24.8 Å². The van der Waals surface area contributed by atoms with Crippen molar-refractivity contribution in [3.63, 3.8) is 0 Å². The van der Waals surface area contributed by atoms with Gasteiger partial charge in [0, 0.05) is 5.92 Å². The highest BCUT2D eigenvalue weighted by Crippen LogP contribution is 2.44. The van der Waals surface area contributed by atoms with Gasteiger partial charge in [0.15, 0.2) is 0 Å². The Labute approximate surface area is 214 Å². The zero-order valence-electron chi connectivity index (χ0n) is 20.4. The summed E-state index contributed by atoms with van der Waals surface area (Å²) in [5.74, 6) is -1.28. The molecule has 37 heavy (non-hydrogen) atoms. The lowest BCUT2D eigenvalue weighted by atomic mass is 9.98. The molecule has 0 saturated carbocycles. The normalized spacial score (nSPS) is 19.2. The molecule has 3 aromatic carbocycles. The second-order valence-corrected chi connectivity index (χ2v) is 9.27. The average molecular weight is 501 g/mol. The first-order valence-corrected chi connectivity index (χ1v) is 12.2. The molecule has 0 radical (unpaired) electrons. The molecule has 8 heteroatoms. The Morgan fingerprint density at radius 1 is 0.946 bits per heavy atom. The van der Waals surface area contributed by atoms with E-state index in [1.54, 1.807) is 0 Å². The van der Waals surface area contributed by atoms with Crippen LogP contribution in [0.2, 0.25) is 0 Å². The number of aliphatic hydroxyl groups is 1. The molecule has 0 unspecified atom stereocenters. The topological polar surface area (TPSA) is 105 Å². The Hall–Kier alpha value is -4.17. The third-order valence-corrected chi connectivity index (χ3v) is 6.97. The highest BCUT2D eigenvalue weighted by Gasteiger charge is 2.44. The number of benzene rings is 3. The average Bonchev–Trinajstić information content (AvgIpc) is 3.39. The number of hydrogen-bond acceptors (Lipinski definition) is 6. The molecule has 5 rings (SSSR count). The molecule has 3 aromatic rings. The van der Waals surface area contributed by atoms with Crippen LogP contribution in [0.3, 0.4) is 0 Å². The number of nitrogens with zero attached hydrogens (tertiary/aromatic N) is 1. The number of β-amino-alcohol motifs (C(OH)–C–C–N with tert-alkyl or cyclic N) is 1. The van der Waals surface area contributed by atoms with Crippen molar-refractivity contribution in [3.8, 4) is 11.1 Å². The lowest BCUT2D eigenvalue weighted by Crippen LogP contribution is -2.48. The van der Waals surface area contributed by atoms with Crippen molar-refractivity contribution in [2.75, 3.05) is 13.2 Å². The summed E-state index contributed by atoms with van der Waals surface area (Å²) in [6.45, 7) is 1.60. The molecule has 2 N–H and O–H groups in total. The smallest absolute Gasteiger partial charge is 0.407 e. The lowest BCUT2D eigenvalue weighted by Gasteiger charge is -2.23. The summed E-state index contributed by atoms with van der Waals surface area (Å²) >= 11 is 0. The maximum atomic E-state index is 12.9. The van der Waals surface area contributed by atoms with Crippen molar-refractivity contribution in [1.82, 2.24) is 10.2 Å². The number of fused-ring (bicyclic) bond motifs is 3. The summed E-state index contributed by atoms with van der Waals surface area (Å²) in [5, 5.41) is 12.9. The number of nitrogens with one attached hydrogen (secondary N) is 1. The van der Waals surface area contributed by atoms with Crippen molar-refractivity contribution < 1.29 is 29.0 Å². The van der Waals surface area contributed by atoms with Crippen LogP contribution in [0, 0.1) is 0 Å². The van der Waals surface area contributed by atoms with E-state index in [0.717, 1.165) is 27.8 Å². The minimum absolute atomic E-state index is 0.0794. The molecule has 2 amide bonds. The first kappa shape index (κ1) is 24.5. The van der Waals surface area contributed by atoms with E-state index in [0.29, 0.717) is 0 Å². The lowest BCUT2D eigenvalue weighted by molar-refractivity contribution is -0.154. The molecule has 8 nitrogen and oxygen atoms in total. The number of amides is 2. The van der Waals surface area contributed by atoms with Crippen molar-refractivity contribution in [3.05, 3.63) is 95.6 Å². The van der Waals surface area contributed by atoms with Gasteiger partial charge in [0.05, 0.1) is 6.54 Å². The molecule has 1 heterocycles. The van der Waals surface area contributed by atoms with Crippen LogP contribution in [0.4, 0.5) is 4.79 Å². The zero-order chi connectivity index (χ0) is 25.9. The van der Waals surface area contributed by atoms with Gasteiger partial charge in [-0.15, -0.1) is 0 Å². The highest BCUT2D eigenvalue weighted by atomic mass is 16.5. The SMILES string of the molecule is C[C@@H](C(=O)OCc1ccccc1)N1C[C@@H](O)[C@H](NC(=O)OCC2c3ccccc3-c3ccccc32)C1=O. The molecular formula is C29H28N2O6. The van der Waals surface area contributed by atoms with Crippen LogP contribution in [0.15, 0.2) is 78.9 Å². The summed E-state index contributed by atoms with van der Waals surface area (Å²) < 4.78 is 10.8. The van der Waals surface area contributed by atoms with Gasteiger partial charge in [-0.25, -0.2) is 9.59 Å². The number of carbonyl (C=O) groups excluding carboxylic acids is 3. The molecule has 2 aliphatic rings. The minimum Gasteiger partial charge on any atom is -0.459 e. The number of esters is 1. The number of ether oxygens (including phenoxy) is 2. The number of carbonyl (C=O) groups is 3. The Morgan fingerprint density at radius 3 is 2.19 bits per heavy atom. The summed E-state index contributed by atoms with van der Waals surface area (Å²) in [6.07, 6.45) is -1.99. The van der Waals surface area contributed by atoms with Crippen molar-refractivity contribution in [2.24, 2.45) is 0 Å². The van der Waals surface area contributed by atoms with E-state index < -0.39 is 36.2 Å². The Kier molecular flexibility index (Phi) is 6.92. The first-order valence-electron chi connectivity index (χ1n) is 12.2. The number of aliphatic hydroxyl groups excluding tert-OH is 1. The van der Waals surface area contributed by atoms with Crippen molar-refractivity contribution >= 4 is 18.0 Å². The number of alkyl carbamates (subject to hydrolysis) is 1. The van der Waals surface area contributed by atoms with Gasteiger partial charge in [0.1, 0.15) is 31.4 Å². The van der Waals surface area contributed by atoms with Crippen LogP contribution in [0.25, 0.3) is 11.1 Å². The van der Waals surface area contributed by atoms with Crippen LogP contribution in [-0.4, -0.2) is 59.3 Å². The van der Waals surface area contributed by atoms with Gasteiger partial charge >= 0.3 is 12.1 Å². The highest BCUT2D eigenvalue weighted by molar-refractivity contribution is 5.92. The fourth-order valence-electron chi connectivity index (χ4n) is 4.99. The van der Waals surface area contributed by atoms with Crippen LogP contribution >= 0.6 is 0 Å². The zero-order valence-corrected chi connectivity index (χ0v) is 20.4. The van der Waals surface area contributed by atoms with E-state index in [-0.39, 0.29) is 25.7 Å². The van der Waals surface area contributed by atoms with Gasteiger partial charge in [-0.2, -0.15) is 0 Å². The first-order chi connectivity index (χ1) is 17.9. The Bertz CT molecular complexity index is 1270. The number of hydrogen-bond donors (Lipinski definition) is 2. The minimum atomic E-state index is -1.21. The molecule has 1 fully saturated rings. The summed E-state index contributed by atoms with van der Waals surface area (Å²) in [5.41, 5.74) is 5.19. The van der Waals surface area contributed by atoms with Crippen LogP contribution in [0.1, 0.15) is 29.5 Å². The van der Waals surface area contributed by atoms with E-state index in [4.69, 9.17) is 9.47 Å². The molecule has 0 spiro atoms. The largest absolute Gasteiger partial charge is 0.459 e. The number of likely N-dealkylation sites (tertiary alicyclic amines) is 1. The molecule has 0 aromatic heterocycles. The second-order valence-electron chi connectivity index (χ2n) is 9.27. The van der Waals surface area contributed by atoms with E-state index >= 15 is 0 Å². The van der Waals surface area contributed by atoms with E-state index in [1.165, 1.54) is 11.8 Å². The van der Waals surface area contributed by atoms with Gasteiger partial charge in [-0.3, -0.25) is 4.79 Å². The van der Waals surface area contributed by atoms with Crippen LogP contribution < -0.4 is 5.32 Å². The summed E-state index contributed by atoms with van der Waals surface area (Å²) in [7, 11) is 0. The Balaban J connectivity index is 1.17. The molecular weight excluding hydrogens is 472 g/mol. The second kappa shape index (κ2) is 10.4. The van der Waals surface area contributed by atoms with Gasteiger partial charge in [-0.05, 0) is 34.7 Å². The van der Waals surface area contributed by atoms with E-state index in [9.17, 15) is 19.5 Å². The van der Waals surface area contributed by atoms with Crippen LogP contribution in [0.5, 0.6) is 0 Å². The third kappa shape index (κ3) is 4.93. The number of rotatable bonds is 7.